The second-order valence-electron chi connectivity index (χ2n) is 4.33. The fourth-order valence-electron chi connectivity index (χ4n) is 2.12. The molecule has 1 unspecified atom stereocenters. The van der Waals surface area contributed by atoms with Crippen LogP contribution in [0.4, 0.5) is 5.82 Å². The van der Waals surface area contributed by atoms with E-state index in [2.05, 4.69) is 45.7 Å². The number of rotatable bonds is 1. The van der Waals surface area contributed by atoms with Gasteiger partial charge in [-0.25, -0.2) is 4.98 Å². The molecule has 1 aromatic heterocycles. The number of hydrogen-bond donors (Lipinski definition) is 0. The fraction of sp³-hybridized carbons (Fsp3) is 0.583. The van der Waals surface area contributed by atoms with E-state index in [4.69, 9.17) is 0 Å². The summed E-state index contributed by atoms with van der Waals surface area (Å²) in [6.07, 6.45) is 5.84. The van der Waals surface area contributed by atoms with Crippen LogP contribution in [0.1, 0.15) is 31.7 Å². The molecule has 0 aliphatic carbocycles. The van der Waals surface area contributed by atoms with Crippen molar-refractivity contribution >= 4 is 21.7 Å². The van der Waals surface area contributed by atoms with E-state index in [1.165, 1.54) is 24.8 Å². The minimum atomic E-state index is 0.631. The first-order valence-electron chi connectivity index (χ1n) is 5.57. The van der Waals surface area contributed by atoms with Crippen molar-refractivity contribution in [2.75, 3.05) is 11.4 Å². The summed E-state index contributed by atoms with van der Waals surface area (Å²) in [5.74, 6) is 1.13. The van der Waals surface area contributed by atoms with E-state index in [9.17, 15) is 0 Å². The number of anilines is 1. The third-order valence-corrected chi connectivity index (χ3v) is 3.96. The van der Waals surface area contributed by atoms with E-state index in [1.54, 1.807) is 0 Å². The van der Waals surface area contributed by atoms with Gasteiger partial charge in [-0.05, 0) is 60.7 Å². The molecule has 1 aliphatic rings. The van der Waals surface area contributed by atoms with Crippen molar-refractivity contribution in [3.05, 3.63) is 22.3 Å². The zero-order valence-corrected chi connectivity index (χ0v) is 10.9. The van der Waals surface area contributed by atoms with Gasteiger partial charge in [0, 0.05) is 23.3 Å². The van der Waals surface area contributed by atoms with Crippen molar-refractivity contribution in [3.63, 3.8) is 0 Å². The van der Waals surface area contributed by atoms with Gasteiger partial charge in [-0.3, -0.25) is 0 Å². The first kappa shape index (κ1) is 10.9. The van der Waals surface area contributed by atoms with Crippen molar-refractivity contribution < 1.29 is 0 Å². The molecule has 2 rings (SSSR count). The Bertz CT molecular complexity index is 351. The average Bonchev–Trinajstić information content (AvgIpc) is 2.23. The van der Waals surface area contributed by atoms with Crippen LogP contribution in [0.15, 0.2) is 16.7 Å². The van der Waals surface area contributed by atoms with Crippen LogP contribution in [-0.4, -0.2) is 17.6 Å². The lowest BCUT2D eigenvalue weighted by atomic mass is 10.0. The van der Waals surface area contributed by atoms with Crippen LogP contribution < -0.4 is 4.90 Å². The molecule has 1 aromatic rings. The smallest absolute Gasteiger partial charge is 0.129 e. The standard InChI is InChI=1S/C12H17BrN2/c1-9-7-12(14-8-11(9)13)15-6-4-3-5-10(15)2/h7-8,10H,3-6H2,1-2H3. The molecular formula is C12H17BrN2. The molecule has 0 radical (unpaired) electrons. The molecule has 0 aromatic carbocycles. The lowest BCUT2D eigenvalue weighted by molar-refractivity contribution is 0.481. The maximum Gasteiger partial charge on any atom is 0.129 e. The Hall–Kier alpha value is -0.570. The third kappa shape index (κ3) is 2.33. The molecule has 82 valence electrons. The zero-order valence-electron chi connectivity index (χ0n) is 9.33. The van der Waals surface area contributed by atoms with Crippen molar-refractivity contribution in [2.45, 2.75) is 39.2 Å². The summed E-state index contributed by atoms with van der Waals surface area (Å²) in [4.78, 5) is 6.91. The molecule has 15 heavy (non-hydrogen) atoms. The Morgan fingerprint density at radius 1 is 1.47 bits per heavy atom. The van der Waals surface area contributed by atoms with Gasteiger partial charge in [-0.1, -0.05) is 0 Å². The van der Waals surface area contributed by atoms with Crippen LogP contribution in [0.2, 0.25) is 0 Å². The Labute approximate surface area is 99.8 Å². The van der Waals surface area contributed by atoms with Crippen LogP contribution in [0.3, 0.4) is 0 Å². The van der Waals surface area contributed by atoms with E-state index in [1.807, 2.05) is 6.20 Å². The Kier molecular flexibility index (Phi) is 3.29. The molecule has 2 heterocycles. The largest absolute Gasteiger partial charge is 0.354 e. The van der Waals surface area contributed by atoms with Crippen LogP contribution >= 0.6 is 15.9 Å². The number of nitrogens with zero attached hydrogens (tertiary/aromatic N) is 2. The average molecular weight is 269 g/mol. The van der Waals surface area contributed by atoms with Crippen molar-refractivity contribution in [1.82, 2.24) is 4.98 Å². The lowest BCUT2D eigenvalue weighted by Gasteiger charge is -2.34. The van der Waals surface area contributed by atoms with Gasteiger partial charge < -0.3 is 4.90 Å². The van der Waals surface area contributed by atoms with E-state index in [0.717, 1.165) is 16.8 Å². The molecule has 2 nitrogen and oxygen atoms in total. The summed E-state index contributed by atoms with van der Waals surface area (Å²) in [5, 5.41) is 0. The predicted octanol–water partition coefficient (Wildman–Crippen LogP) is 3.53. The third-order valence-electron chi connectivity index (χ3n) is 3.13. The van der Waals surface area contributed by atoms with Crippen LogP contribution in [0.25, 0.3) is 0 Å². The highest BCUT2D eigenvalue weighted by Gasteiger charge is 2.19. The molecule has 1 atom stereocenters. The van der Waals surface area contributed by atoms with Gasteiger partial charge >= 0.3 is 0 Å². The van der Waals surface area contributed by atoms with E-state index >= 15 is 0 Å². The van der Waals surface area contributed by atoms with Crippen LogP contribution in [-0.2, 0) is 0 Å². The molecule has 0 spiro atoms. The Morgan fingerprint density at radius 2 is 2.27 bits per heavy atom. The maximum absolute atomic E-state index is 4.49. The minimum absolute atomic E-state index is 0.631. The quantitative estimate of drug-likeness (QED) is 0.775. The lowest BCUT2D eigenvalue weighted by Crippen LogP contribution is -2.37. The number of piperidine rings is 1. The SMILES string of the molecule is Cc1cc(N2CCCCC2C)ncc1Br. The molecule has 1 saturated heterocycles. The van der Waals surface area contributed by atoms with E-state index < -0.39 is 0 Å². The highest BCUT2D eigenvalue weighted by atomic mass is 79.9. The van der Waals surface area contributed by atoms with Gasteiger partial charge in [0.2, 0.25) is 0 Å². The topological polar surface area (TPSA) is 16.1 Å². The summed E-state index contributed by atoms with van der Waals surface area (Å²) >= 11 is 3.49. The van der Waals surface area contributed by atoms with Gasteiger partial charge in [-0.15, -0.1) is 0 Å². The number of pyridine rings is 1. The summed E-state index contributed by atoms with van der Waals surface area (Å²) in [7, 11) is 0. The minimum Gasteiger partial charge on any atom is -0.354 e. The molecule has 0 N–H and O–H groups in total. The van der Waals surface area contributed by atoms with Gasteiger partial charge in [0.05, 0.1) is 0 Å². The number of halogens is 1. The first-order valence-corrected chi connectivity index (χ1v) is 6.36. The molecule has 3 heteroatoms. The Balaban J connectivity index is 2.24. The van der Waals surface area contributed by atoms with E-state index in [0.29, 0.717) is 6.04 Å². The molecule has 1 aliphatic heterocycles. The summed E-state index contributed by atoms with van der Waals surface area (Å²) in [6.45, 7) is 5.55. The normalized spacial score (nSPS) is 21.8. The highest BCUT2D eigenvalue weighted by Crippen LogP contribution is 2.25. The number of aromatic nitrogens is 1. The van der Waals surface area contributed by atoms with Gasteiger partial charge in [0.1, 0.15) is 5.82 Å². The molecule has 0 saturated carbocycles. The first-order chi connectivity index (χ1) is 7.18. The summed E-state index contributed by atoms with van der Waals surface area (Å²) in [6, 6.07) is 2.80. The number of hydrogen-bond acceptors (Lipinski definition) is 2. The Morgan fingerprint density at radius 3 is 2.93 bits per heavy atom. The molecule has 0 bridgehead atoms. The van der Waals surface area contributed by atoms with Gasteiger partial charge in [0.15, 0.2) is 0 Å². The van der Waals surface area contributed by atoms with Crippen molar-refractivity contribution in [3.8, 4) is 0 Å². The van der Waals surface area contributed by atoms with Crippen LogP contribution in [0.5, 0.6) is 0 Å². The highest BCUT2D eigenvalue weighted by molar-refractivity contribution is 9.10. The molecule has 0 amide bonds. The summed E-state index contributed by atoms with van der Waals surface area (Å²) in [5.41, 5.74) is 1.26. The number of aryl methyl sites for hydroxylation is 1. The summed E-state index contributed by atoms with van der Waals surface area (Å²) < 4.78 is 1.09. The van der Waals surface area contributed by atoms with Gasteiger partial charge in [-0.2, -0.15) is 0 Å². The molecular weight excluding hydrogens is 252 g/mol. The predicted molar refractivity (Wildman–Crippen MR) is 67.3 cm³/mol. The second-order valence-corrected chi connectivity index (χ2v) is 5.18. The maximum atomic E-state index is 4.49. The monoisotopic (exact) mass is 268 g/mol. The second kappa shape index (κ2) is 4.52. The van der Waals surface area contributed by atoms with Crippen molar-refractivity contribution in [1.29, 1.82) is 0 Å². The fourth-order valence-corrected chi connectivity index (χ4v) is 2.34. The van der Waals surface area contributed by atoms with E-state index in [-0.39, 0.29) is 0 Å². The van der Waals surface area contributed by atoms with Gasteiger partial charge in [0.25, 0.3) is 0 Å². The van der Waals surface area contributed by atoms with Crippen molar-refractivity contribution in [2.24, 2.45) is 0 Å². The zero-order chi connectivity index (χ0) is 10.8. The molecule has 1 fully saturated rings. The van der Waals surface area contributed by atoms with Crippen LogP contribution in [0, 0.1) is 6.92 Å².